The van der Waals surface area contributed by atoms with Gasteiger partial charge in [0.15, 0.2) is 0 Å². The van der Waals surface area contributed by atoms with E-state index in [2.05, 4.69) is 15.5 Å². The highest BCUT2D eigenvalue weighted by atomic mass is 35.5. The van der Waals surface area contributed by atoms with Gasteiger partial charge in [-0.05, 0) is 55.0 Å². The van der Waals surface area contributed by atoms with Crippen LogP contribution in [0.3, 0.4) is 0 Å². The predicted octanol–water partition coefficient (Wildman–Crippen LogP) is 5.65. The number of anilines is 2. The Hall–Kier alpha value is -2.98. The first kappa shape index (κ1) is 24.2. The third-order valence-electron chi connectivity index (χ3n) is 4.81. The lowest BCUT2D eigenvalue weighted by Gasteiger charge is -2.25. The number of benzene rings is 3. The number of halogens is 2. The summed E-state index contributed by atoms with van der Waals surface area (Å²) in [5, 5.41) is 12.6. The maximum Gasteiger partial charge on any atom is 0.264 e. The van der Waals surface area contributed by atoms with Crippen molar-refractivity contribution in [1.29, 1.82) is 0 Å². The third-order valence-corrected chi connectivity index (χ3v) is 7.96. The highest BCUT2D eigenvalue weighted by molar-refractivity contribution is 7.92. The number of aromatic nitrogens is 2. The van der Waals surface area contributed by atoms with Crippen LogP contribution in [0, 0.1) is 6.92 Å². The van der Waals surface area contributed by atoms with E-state index in [0.717, 1.165) is 9.87 Å². The number of hydrogen-bond acceptors (Lipinski definition) is 6. The van der Waals surface area contributed by atoms with Crippen molar-refractivity contribution < 1.29 is 13.2 Å². The van der Waals surface area contributed by atoms with Gasteiger partial charge >= 0.3 is 0 Å². The van der Waals surface area contributed by atoms with E-state index in [-0.39, 0.29) is 10.0 Å². The van der Waals surface area contributed by atoms with Gasteiger partial charge in [-0.15, -0.1) is 10.2 Å². The van der Waals surface area contributed by atoms with Gasteiger partial charge in [0.05, 0.1) is 10.6 Å². The molecule has 11 heteroatoms. The van der Waals surface area contributed by atoms with E-state index >= 15 is 0 Å². The maximum absolute atomic E-state index is 13.5. The number of amides is 1. The molecule has 3 aromatic carbocycles. The average Bonchev–Trinajstić information content (AvgIpc) is 3.27. The van der Waals surface area contributed by atoms with E-state index in [1.54, 1.807) is 67.6 Å². The van der Waals surface area contributed by atoms with E-state index in [1.165, 1.54) is 23.5 Å². The number of aryl methyl sites for hydroxylation is 1. The van der Waals surface area contributed by atoms with Gasteiger partial charge in [-0.3, -0.25) is 14.4 Å². The molecule has 0 spiro atoms. The molecule has 0 bridgehead atoms. The van der Waals surface area contributed by atoms with Crippen LogP contribution in [0.5, 0.6) is 0 Å². The Kier molecular flexibility index (Phi) is 7.18. The molecule has 0 saturated heterocycles. The van der Waals surface area contributed by atoms with Crippen molar-refractivity contribution in [3.05, 3.63) is 88.4 Å². The molecule has 7 nitrogen and oxygen atoms in total. The molecule has 0 aliphatic heterocycles. The van der Waals surface area contributed by atoms with Crippen LogP contribution >= 0.6 is 34.5 Å². The number of carbonyl (C=O) groups is 1. The zero-order chi connectivity index (χ0) is 24.3. The fraction of sp³-hybridized carbons (Fsp3) is 0.0870. The van der Waals surface area contributed by atoms with Crippen molar-refractivity contribution in [2.24, 2.45) is 0 Å². The molecule has 0 fully saturated rings. The lowest BCUT2D eigenvalue weighted by molar-refractivity contribution is -0.114. The average molecular weight is 533 g/mol. The standard InChI is InChI=1S/C23H18Cl2N4O3S2/c1-15-13-18(25)11-12-20(15)29(34(31,32)19-5-3-2-4-6-19)14-21(30)26-23-28-27-22(33-23)16-7-9-17(24)10-8-16/h2-13H,14H2,1H3,(H,26,28,30). The Morgan fingerprint density at radius 1 is 0.971 bits per heavy atom. The van der Waals surface area contributed by atoms with E-state index in [4.69, 9.17) is 23.2 Å². The molecule has 0 saturated carbocycles. The van der Waals surface area contributed by atoms with Gasteiger partial charge < -0.3 is 0 Å². The first-order valence-corrected chi connectivity index (χ1v) is 13.0. The fourth-order valence-electron chi connectivity index (χ4n) is 3.19. The molecule has 1 aromatic heterocycles. The normalized spacial score (nSPS) is 11.3. The topological polar surface area (TPSA) is 92.3 Å². The van der Waals surface area contributed by atoms with Crippen molar-refractivity contribution in [2.75, 3.05) is 16.2 Å². The van der Waals surface area contributed by atoms with Gasteiger partial charge in [-0.1, -0.05) is 64.9 Å². The molecule has 0 atom stereocenters. The summed E-state index contributed by atoms with van der Waals surface area (Å²) < 4.78 is 28.0. The number of nitrogens with one attached hydrogen (secondary N) is 1. The van der Waals surface area contributed by atoms with E-state index in [1.807, 2.05) is 0 Å². The van der Waals surface area contributed by atoms with Crippen LogP contribution in [0.25, 0.3) is 10.6 Å². The number of hydrogen-bond donors (Lipinski definition) is 1. The molecule has 0 aliphatic carbocycles. The lowest BCUT2D eigenvalue weighted by atomic mass is 10.2. The Morgan fingerprint density at radius 3 is 2.32 bits per heavy atom. The maximum atomic E-state index is 13.5. The minimum atomic E-state index is -4.03. The third kappa shape index (κ3) is 5.39. The summed E-state index contributed by atoms with van der Waals surface area (Å²) in [6.45, 7) is 1.27. The molecule has 174 valence electrons. The van der Waals surface area contributed by atoms with Crippen molar-refractivity contribution in [3.8, 4) is 10.6 Å². The van der Waals surface area contributed by atoms with Crippen LogP contribution < -0.4 is 9.62 Å². The van der Waals surface area contributed by atoms with E-state index in [9.17, 15) is 13.2 Å². The number of carbonyl (C=O) groups excluding carboxylic acids is 1. The highest BCUT2D eigenvalue weighted by Gasteiger charge is 2.28. The summed E-state index contributed by atoms with van der Waals surface area (Å²) in [6, 6.07) is 19.8. The molecule has 4 rings (SSSR count). The van der Waals surface area contributed by atoms with Crippen molar-refractivity contribution in [2.45, 2.75) is 11.8 Å². The molecule has 1 heterocycles. The summed E-state index contributed by atoms with van der Waals surface area (Å²) in [5.74, 6) is -0.562. The summed E-state index contributed by atoms with van der Waals surface area (Å²) >= 11 is 13.2. The second kappa shape index (κ2) is 10.1. The zero-order valence-electron chi connectivity index (χ0n) is 17.8. The van der Waals surface area contributed by atoms with Gasteiger partial charge in [0.1, 0.15) is 11.6 Å². The van der Waals surface area contributed by atoms with E-state index in [0.29, 0.717) is 26.3 Å². The zero-order valence-corrected chi connectivity index (χ0v) is 20.9. The smallest absolute Gasteiger partial charge is 0.264 e. The van der Waals surface area contributed by atoms with Crippen molar-refractivity contribution in [1.82, 2.24) is 10.2 Å². The minimum absolute atomic E-state index is 0.0677. The van der Waals surface area contributed by atoms with Crippen LogP contribution in [0.2, 0.25) is 10.0 Å². The molecular weight excluding hydrogens is 515 g/mol. The van der Waals surface area contributed by atoms with Crippen LogP contribution in [0.4, 0.5) is 10.8 Å². The highest BCUT2D eigenvalue weighted by Crippen LogP contribution is 2.30. The molecule has 1 N–H and O–H groups in total. The SMILES string of the molecule is Cc1cc(Cl)ccc1N(CC(=O)Nc1nnc(-c2ccc(Cl)cc2)s1)S(=O)(=O)c1ccccc1. The summed E-state index contributed by atoms with van der Waals surface area (Å²) in [4.78, 5) is 13.0. The van der Waals surface area contributed by atoms with Crippen LogP contribution in [-0.4, -0.2) is 31.1 Å². The Balaban J connectivity index is 1.60. The Morgan fingerprint density at radius 2 is 1.65 bits per heavy atom. The summed E-state index contributed by atoms with van der Waals surface area (Å²) in [6.07, 6.45) is 0. The number of nitrogens with zero attached hydrogens (tertiary/aromatic N) is 3. The minimum Gasteiger partial charge on any atom is -0.299 e. The largest absolute Gasteiger partial charge is 0.299 e. The van der Waals surface area contributed by atoms with Gasteiger partial charge in [-0.2, -0.15) is 0 Å². The fourth-order valence-corrected chi connectivity index (χ4v) is 5.81. The van der Waals surface area contributed by atoms with E-state index < -0.39 is 22.5 Å². The second-order valence-corrected chi connectivity index (χ2v) is 10.9. The molecule has 34 heavy (non-hydrogen) atoms. The first-order chi connectivity index (χ1) is 16.2. The van der Waals surface area contributed by atoms with Gasteiger partial charge in [0.2, 0.25) is 11.0 Å². The molecule has 0 aliphatic rings. The predicted molar refractivity (Wildman–Crippen MR) is 136 cm³/mol. The van der Waals surface area contributed by atoms with Gasteiger partial charge in [0.25, 0.3) is 10.0 Å². The quantitative estimate of drug-likeness (QED) is 0.331. The first-order valence-electron chi connectivity index (χ1n) is 9.97. The monoisotopic (exact) mass is 532 g/mol. The number of sulfonamides is 1. The molecule has 0 unspecified atom stereocenters. The molecule has 1 amide bonds. The molecule has 4 aromatic rings. The Bertz CT molecular complexity index is 1430. The van der Waals surface area contributed by atoms with Crippen LogP contribution in [0.15, 0.2) is 77.7 Å². The Labute approximate surface area is 211 Å². The van der Waals surface area contributed by atoms with Gasteiger partial charge in [0, 0.05) is 15.6 Å². The summed E-state index contributed by atoms with van der Waals surface area (Å²) in [7, 11) is -4.03. The molecule has 0 radical (unpaired) electrons. The lowest BCUT2D eigenvalue weighted by Crippen LogP contribution is -2.38. The van der Waals surface area contributed by atoms with Crippen molar-refractivity contribution >= 4 is 61.3 Å². The van der Waals surface area contributed by atoms with Gasteiger partial charge in [-0.25, -0.2) is 8.42 Å². The van der Waals surface area contributed by atoms with Crippen molar-refractivity contribution in [3.63, 3.8) is 0 Å². The van der Waals surface area contributed by atoms with Crippen LogP contribution in [-0.2, 0) is 14.8 Å². The second-order valence-electron chi connectivity index (χ2n) is 7.22. The summed E-state index contributed by atoms with van der Waals surface area (Å²) in [5.41, 5.74) is 1.76. The number of rotatable bonds is 7. The van der Waals surface area contributed by atoms with Crippen LogP contribution in [0.1, 0.15) is 5.56 Å². The molecular formula is C23H18Cl2N4O3S2.